The lowest BCUT2D eigenvalue weighted by molar-refractivity contribution is 0.0514. The number of carbonyl (C=O) groups is 4. The first-order valence-electron chi connectivity index (χ1n) is 21.4. The maximum Gasteiger partial charge on any atom is 0.261 e. The van der Waals surface area contributed by atoms with Crippen LogP contribution in [-0.2, 0) is 0 Å². The molecular weight excluding hydrogens is 741 g/mol. The Morgan fingerprint density at radius 2 is 0.550 bits per heavy atom. The molecule has 0 bridgehead atoms. The molecule has 60 heavy (non-hydrogen) atoms. The van der Waals surface area contributed by atoms with Crippen LogP contribution in [0.5, 0.6) is 0 Å². The van der Waals surface area contributed by atoms with Crippen LogP contribution in [0.3, 0.4) is 0 Å². The highest BCUT2D eigenvalue weighted by Crippen LogP contribution is 2.49. The van der Waals surface area contributed by atoms with E-state index in [2.05, 4.69) is 84.9 Å². The zero-order chi connectivity index (χ0) is 40.9. The Hall–Kier alpha value is -6.92. The van der Waals surface area contributed by atoms with E-state index in [1.165, 1.54) is 9.80 Å². The van der Waals surface area contributed by atoms with E-state index in [9.17, 15) is 19.2 Å². The molecule has 0 radical (unpaired) electrons. The molecule has 2 aliphatic heterocycles. The Balaban J connectivity index is 1.09. The third-order valence-corrected chi connectivity index (χ3v) is 14.3. The summed E-state index contributed by atoms with van der Waals surface area (Å²) in [5, 5.41) is 16.5. The summed E-state index contributed by atoms with van der Waals surface area (Å²) < 4.78 is 0. The largest absolute Gasteiger partial charge is 0.271 e. The standard InChI is InChI=1S/C54H40N2O4/c1-5-27(6-2)55-51(57)41-23-19-37-33-13-9-11-31-29(15-17-35(45(31)33)39-21-25-43(53(55)59)49(41)47(37)39)30-16-18-36-40-22-26-44-50-42(52(58)56(54(44)60)28(7-3)8-4)24-20-38(48(40)50)34-14-10-12-32(30)46(34)36/h9-28H,5-8H2,1-4H3. The molecule has 2 heterocycles. The van der Waals surface area contributed by atoms with E-state index in [0.717, 1.165) is 97.3 Å². The highest BCUT2D eigenvalue weighted by Gasteiger charge is 2.39. The van der Waals surface area contributed by atoms with E-state index in [0.29, 0.717) is 47.9 Å². The van der Waals surface area contributed by atoms with Gasteiger partial charge in [0.05, 0.1) is 0 Å². The summed E-state index contributed by atoms with van der Waals surface area (Å²) >= 11 is 0. The molecule has 0 saturated heterocycles. The van der Waals surface area contributed by atoms with Gasteiger partial charge >= 0.3 is 0 Å². The second-order valence-electron chi connectivity index (χ2n) is 16.8. The number of fused-ring (bicyclic) bond motifs is 4. The summed E-state index contributed by atoms with van der Waals surface area (Å²) in [7, 11) is 0. The zero-order valence-electron chi connectivity index (χ0n) is 33.9. The quantitative estimate of drug-likeness (QED) is 0.0917. The second-order valence-corrected chi connectivity index (χ2v) is 16.8. The van der Waals surface area contributed by atoms with Gasteiger partial charge in [-0.05, 0) is 136 Å². The van der Waals surface area contributed by atoms with E-state index in [-0.39, 0.29) is 35.7 Å². The molecule has 10 aromatic rings. The molecular formula is C54H40N2O4. The molecule has 0 aromatic heterocycles. The fourth-order valence-electron chi connectivity index (χ4n) is 11.5. The number of hydrogen-bond acceptors (Lipinski definition) is 4. The number of nitrogens with zero attached hydrogens (tertiary/aromatic N) is 2. The monoisotopic (exact) mass is 780 g/mol. The summed E-state index contributed by atoms with van der Waals surface area (Å²) in [4.78, 5) is 59.1. The highest BCUT2D eigenvalue weighted by molar-refractivity contribution is 6.41. The molecule has 0 aliphatic carbocycles. The summed E-state index contributed by atoms with van der Waals surface area (Å²) in [6.45, 7) is 8.12. The van der Waals surface area contributed by atoms with Gasteiger partial charge in [-0.1, -0.05) is 113 Å². The number of imide groups is 2. The average Bonchev–Trinajstić information content (AvgIpc) is 3.28. The number of carbonyl (C=O) groups excluding carboxylic acids is 4. The lowest BCUT2D eigenvalue weighted by Crippen LogP contribution is -2.46. The Labute approximate surface area is 345 Å². The van der Waals surface area contributed by atoms with Crippen LogP contribution in [0.2, 0.25) is 0 Å². The van der Waals surface area contributed by atoms with Crippen LogP contribution in [0, 0.1) is 0 Å². The number of rotatable bonds is 7. The first kappa shape index (κ1) is 35.1. The van der Waals surface area contributed by atoms with Crippen LogP contribution >= 0.6 is 0 Å². The van der Waals surface area contributed by atoms with Crippen molar-refractivity contribution >= 4 is 110 Å². The van der Waals surface area contributed by atoms with Gasteiger partial charge in [0, 0.05) is 45.1 Å². The molecule has 0 atom stereocenters. The lowest BCUT2D eigenvalue weighted by atomic mass is 9.81. The van der Waals surface area contributed by atoms with Crippen LogP contribution in [0.15, 0.2) is 109 Å². The van der Waals surface area contributed by atoms with Crippen molar-refractivity contribution in [3.8, 4) is 11.1 Å². The number of amides is 4. The normalized spacial score (nSPS) is 14.6. The van der Waals surface area contributed by atoms with E-state index in [1.54, 1.807) is 0 Å². The van der Waals surface area contributed by atoms with Crippen LogP contribution in [-0.4, -0.2) is 45.5 Å². The first-order chi connectivity index (χ1) is 29.3. The minimum absolute atomic E-state index is 0.144. The van der Waals surface area contributed by atoms with Gasteiger partial charge in [-0.15, -0.1) is 0 Å². The Morgan fingerprint density at radius 3 is 0.850 bits per heavy atom. The molecule has 0 saturated carbocycles. The SMILES string of the molecule is CCC(CC)N1C(=O)c2ccc3c4cccc5c(-c6ccc7c8ccc9c%10c(ccc(c%11cccc6c%117)c%108)C(=O)N(C(CC)CC)C9=O)ccc(c6ccc(c2c36)C1=O)c54. The van der Waals surface area contributed by atoms with Gasteiger partial charge in [0.25, 0.3) is 23.6 Å². The van der Waals surface area contributed by atoms with Gasteiger partial charge in [0.15, 0.2) is 0 Å². The van der Waals surface area contributed by atoms with Gasteiger partial charge in [0.1, 0.15) is 0 Å². The summed E-state index contributed by atoms with van der Waals surface area (Å²) in [6, 6.07) is 37.6. The van der Waals surface area contributed by atoms with Gasteiger partial charge in [0.2, 0.25) is 0 Å². The van der Waals surface area contributed by atoms with Crippen molar-refractivity contribution in [2.75, 3.05) is 0 Å². The van der Waals surface area contributed by atoms with Crippen molar-refractivity contribution < 1.29 is 19.2 Å². The summed E-state index contributed by atoms with van der Waals surface area (Å²) in [5.74, 6) is -0.830. The van der Waals surface area contributed by atoms with Crippen molar-refractivity contribution in [3.63, 3.8) is 0 Å². The molecule has 0 fully saturated rings. The van der Waals surface area contributed by atoms with E-state index in [1.807, 2.05) is 52.0 Å². The van der Waals surface area contributed by atoms with E-state index >= 15 is 0 Å². The first-order valence-corrected chi connectivity index (χ1v) is 21.4. The Bertz CT molecular complexity index is 3210. The molecule has 0 spiro atoms. The highest BCUT2D eigenvalue weighted by atomic mass is 16.2. The fourth-order valence-corrected chi connectivity index (χ4v) is 11.5. The van der Waals surface area contributed by atoms with Gasteiger partial charge in [-0.25, -0.2) is 0 Å². The van der Waals surface area contributed by atoms with E-state index < -0.39 is 0 Å². The molecule has 0 unspecified atom stereocenters. The third-order valence-electron chi connectivity index (χ3n) is 14.3. The number of benzene rings is 10. The van der Waals surface area contributed by atoms with Crippen molar-refractivity contribution in [3.05, 3.63) is 131 Å². The van der Waals surface area contributed by atoms with Crippen molar-refractivity contribution in [2.45, 2.75) is 65.5 Å². The summed E-state index contributed by atoms with van der Waals surface area (Å²) in [6.07, 6.45) is 2.86. The average molecular weight is 781 g/mol. The smallest absolute Gasteiger partial charge is 0.261 e. The van der Waals surface area contributed by atoms with Crippen LogP contribution < -0.4 is 0 Å². The predicted octanol–water partition coefficient (Wildman–Crippen LogP) is 13.0. The Morgan fingerprint density at radius 1 is 0.300 bits per heavy atom. The van der Waals surface area contributed by atoms with Gasteiger partial charge in [-0.2, -0.15) is 0 Å². The Kier molecular flexibility index (Phi) is 7.19. The molecule has 12 rings (SSSR count). The van der Waals surface area contributed by atoms with Crippen molar-refractivity contribution in [2.24, 2.45) is 0 Å². The molecule has 6 nitrogen and oxygen atoms in total. The third kappa shape index (κ3) is 4.18. The fraction of sp³-hybridized carbons (Fsp3) is 0.185. The molecule has 0 N–H and O–H groups in total. The van der Waals surface area contributed by atoms with Crippen LogP contribution in [0.4, 0.5) is 0 Å². The van der Waals surface area contributed by atoms with Gasteiger partial charge in [-0.3, -0.25) is 29.0 Å². The molecule has 4 amide bonds. The number of hydrogen-bond donors (Lipinski definition) is 0. The molecule has 290 valence electrons. The second kappa shape index (κ2) is 12.3. The van der Waals surface area contributed by atoms with Crippen LogP contribution in [0.1, 0.15) is 94.8 Å². The van der Waals surface area contributed by atoms with E-state index in [4.69, 9.17) is 0 Å². The van der Waals surface area contributed by atoms with Crippen molar-refractivity contribution in [1.82, 2.24) is 9.80 Å². The van der Waals surface area contributed by atoms with Gasteiger partial charge < -0.3 is 0 Å². The summed E-state index contributed by atoms with van der Waals surface area (Å²) in [5.41, 5.74) is 4.61. The predicted molar refractivity (Wildman–Crippen MR) is 244 cm³/mol. The maximum atomic E-state index is 14.0. The molecule has 2 aliphatic rings. The molecule has 6 heteroatoms. The molecule has 10 aromatic carbocycles. The zero-order valence-corrected chi connectivity index (χ0v) is 33.9. The van der Waals surface area contributed by atoms with Crippen LogP contribution in [0.25, 0.3) is 97.3 Å². The van der Waals surface area contributed by atoms with Crippen molar-refractivity contribution in [1.29, 1.82) is 0 Å². The minimum atomic E-state index is -0.208. The maximum absolute atomic E-state index is 14.0. The lowest BCUT2D eigenvalue weighted by Gasteiger charge is -2.33. The minimum Gasteiger partial charge on any atom is -0.271 e. The topological polar surface area (TPSA) is 74.8 Å².